The molecule has 0 bridgehead atoms. The number of cyclic esters (lactones) is 1. The zero-order chi connectivity index (χ0) is 51.7. The number of amides is 9. The van der Waals surface area contributed by atoms with Gasteiger partial charge in [-0.15, -0.1) is 0 Å². The SMILES string of the molecule is CCCCCCCCCCCCC(C)(O)C1CC(=O)NC(CO)C(=O)NC(C)C(=O)NC(CC(=O)O)C(=O)NC(CC(N)=O)C(=O)NC(CC(N)=O)C(=O)NC(CO)C(=O)NC(C(C)O)C(=O)O1. The lowest BCUT2D eigenvalue weighted by atomic mass is 9.89. The number of hydrogen-bond donors (Lipinski definition) is 14. The molecule has 1 rings (SSSR count). The summed E-state index contributed by atoms with van der Waals surface area (Å²) in [6, 6.07) is -13.5. The molecule has 0 aromatic heterocycles. The minimum absolute atomic E-state index is 0.0389. The zero-order valence-electron chi connectivity index (χ0n) is 39.0. The van der Waals surface area contributed by atoms with E-state index in [-0.39, 0.29) is 6.42 Å². The van der Waals surface area contributed by atoms with E-state index in [4.69, 9.17) is 16.2 Å². The van der Waals surface area contributed by atoms with Gasteiger partial charge in [-0.3, -0.25) is 47.9 Å². The molecule has 0 aliphatic carbocycles. The molecule has 1 aliphatic heterocycles. The Balaban J connectivity index is 3.72. The Bertz CT molecular complexity index is 1760. The summed E-state index contributed by atoms with van der Waals surface area (Å²) in [4.78, 5) is 143. The molecule has 0 spiro atoms. The first-order chi connectivity index (χ1) is 31.9. The first-order valence-corrected chi connectivity index (χ1v) is 22.6. The van der Waals surface area contributed by atoms with Crippen LogP contribution >= 0.6 is 0 Å². The largest absolute Gasteiger partial charge is 0.481 e. The van der Waals surface area contributed by atoms with Crippen molar-refractivity contribution in [2.75, 3.05) is 13.2 Å². The van der Waals surface area contributed by atoms with E-state index in [2.05, 4.69) is 28.2 Å². The minimum atomic E-state index is -2.02. The first kappa shape index (κ1) is 60.0. The second kappa shape index (κ2) is 30.4. The molecule has 26 heteroatoms. The summed E-state index contributed by atoms with van der Waals surface area (Å²) in [5.41, 5.74) is 8.55. The third kappa shape index (κ3) is 22.2. The molecule has 9 amide bonds. The number of carboxylic acid groups (broad SMARTS) is 1. The maximum Gasteiger partial charge on any atom is 0.331 e. The molecule has 16 N–H and O–H groups in total. The minimum Gasteiger partial charge on any atom is -0.481 e. The van der Waals surface area contributed by atoms with E-state index in [1.165, 1.54) is 13.3 Å². The van der Waals surface area contributed by atoms with E-state index in [1.807, 2.05) is 16.0 Å². The van der Waals surface area contributed by atoms with E-state index in [1.54, 1.807) is 0 Å². The fraction of sp³-hybridized carbons (Fsp3) is 0.738. The van der Waals surface area contributed by atoms with Crippen LogP contribution < -0.4 is 48.7 Å². The molecule has 10 unspecified atom stereocenters. The molecule has 1 aliphatic rings. The number of primary amides is 2. The van der Waals surface area contributed by atoms with Crippen molar-refractivity contribution < 1.29 is 83.0 Å². The molecule has 68 heavy (non-hydrogen) atoms. The number of aliphatic hydroxyl groups is 4. The van der Waals surface area contributed by atoms with Gasteiger partial charge >= 0.3 is 11.9 Å². The van der Waals surface area contributed by atoms with Crippen LogP contribution in [0.3, 0.4) is 0 Å². The highest BCUT2D eigenvalue weighted by atomic mass is 16.6. The number of hydrogen-bond acceptors (Lipinski definition) is 16. The van der Waals surface area contributed by atoms with Gasteiger partial charge in [0.05, 0.1) is 50.6 Å². The van der Waals surface area contributed by atoms with Crippen LogP contribution in [0.4, 0.5) is 0 Å². The number of carbonyl (C=O) groups excluding carboxylic acids is 10. The summed E-state index contributed by atoms with van der Waals surface area (Å²) < 4.78 is 5.58. The number of ether oxygens (including phenoxy) is 1. The molecule has 26 nitrogen and oxygen atoms in total. The molecule has 10 atom stereocenters. The fourth-order valence-corrected chi connectivity index (χ4v) is 6.87. The van der Waals surface area contributed by atoms with Crippen molar-refractivity contribution in [1.82, 2.24) is 37.2 Å². The van der Waals surface area contributed by atoms with Gasteiger partial charge in [-0.05, 0) is 27.2 Å². The van der Waals surface area contributed by atoms with Crippen molar-refractivity contribution in [3.05, 3.63) is 0 Å². The van der Waals surface area contributed by atoms with Gasteiger partial charge in [-0.1, -0.05) is 71.1 Å². The van der Waals surface area contributed by atoms with Crippen molar-refractivity contribution in [2.24, 2.45) is 11.5 Å². The molecule has 1 fully saturated rings. The lowest BCUT2D eigenvalue weighted by Crippen LogP contribution is -2.61. The molecule has 0 saturated carbocycles. The van der Waals surface area contributed by atoms with Crippen molar-refractivity contribution in [2.45, 2.75) is 184 Å². The Morgan fingerprint density at radius 3 is 1.47 bits per heavy atom. The Hall–Kier alpha value is -5.99. The van der Waals surface area contributed by atoms with Crippen molar-refractivity contribution in [1.29, 1.82) is 0 Å². The van der Waals surface area contributed by atoms with Crippen LogP contribution in [-0.4, -0.2) is 164 Å². The van der Waals surface area contributed by atoms with Gasteiger partial charge in [0.15, 0.2) is 6.04 Å². The zero-order valence-corrected chi connectivity index (χ0v) is 39.0. The molecule has 1 heterocycles. The topological polar surface area (TPSA) is 434 Å². The van der Waals surface area contributed by atoms with Gasteiger partial charge in [0.2, 0.25) is 53.2 Å². The second-order valence-electron chi connectivity index (χ2n) is 17.0. The normalized spacial score (nSPS) is 25.8. The number of unbranched alkanes of at least 4 members (excludes halogenated alkanes) is 9. The summed E-state index contributed by atoms with van der Waals surface area (Å²) in [5.74, 6) is -14.5. The van der Waals surface area contributed by atoms with Gasteiger partial charge < -0.3 is 79.0 Å². The number of nitrogens with one attached hydrogen (secondary N) is 7. The molecule has 0 aromatic rings. The Morgan fingerprint density at radius 2 is 1.03 bits per heavy atom. The molecule has 0 radical (unpaired) electrons. The van der Waals surface area contributed by atoms with E-state index in [0.29, 0.717) is 12.8 Å². The Kier molecular flexibility index (Phi) is 26.8. The summed E-state index contributed by atoms with van der Waals surface area (Å²) in [6.07, 6.45) is 1.88. The van der Waals surface area contributed by atoms with Gasteiger partial charge in [-0.25, -0.2) is 4.79 Å². The molecular weight excluding hydrogens is 903 g/mol. The highest BCUT2D eigenvalue weighted by Crippen LogP contribution is 2.25. The highest BCUT2D eigenvalue weighted by molar-refractivity contribution is 6.00. The predicted molar refractivity (Wildman–Crippen MR) is 236 cm³/mol. The fourth-order valence-electron chi connectivity index (χ4n) is 6.87. The predicted octanol–water partition coefficient (Wildman–Crippen LogP) is -4.63. The number of carbonyl (C=O) groups is 11. The highest BCUT2D eigenvalue weighted by Gasteiger charge is 2.41. The number of esters is 1. The average molecular weight is 974 g/mol. The van der Waals surface area contributed by atoms with Crippen LogP contribution in [0.1, 0.15) is 124 Å². The van der Waals surface area contributed by atoms with E-state index < -0.39 is 164 Å². The van der Waals surface area contributed by atoms with Crippen molar-refractivity contribution in [3.63, 3.8) is 0 Å². The maximum absolute atomic E-state index is 13.7. The van der Waals surface area contributed by atoms with Gasteiger partial charge in [0.25, 0.3) is 0 Å². The molecular formula is C42H71N9O17. The number of carboxylic acids is 1. The van der Waals surface area contributed by atoms with Crippen LogP contribution in [0.25, 0.3) is 0 Å². The lowest BCUT2D eigenvalue weighted by Gasteiger charge is -2.34. The first-order valence-electron chi connectivity index (χ1n) is 22.6. The average Bonchev–Trinajstić information content (AvgIpc) is 3.24. The van der Waals surface area contributed by atoms with Crippen LogP contribution in [-0.2, 0) is 57.5 Å². The van der Waals surface area contributed by atoms with Crippen LogP contribution in [0.15, 0.2) is 0 Å². The van der Waals surface area contributed by atoms with E-state index in [9.17, 15) is 78.3 Å². The van der Waals surface area contributed by atoms with Crippen molar-refractivity contribution >= 4 is 65.1 Å². The second-order valence-corrected chi connectivity index (χ2v) is 17.0. The van der Waals surface area contributed by atoms with Crippen molar-refractivity contribution in [3.8, 4) is 0 Å². The number of nitrogens with two attached hydrogens (primary N) is 2. The Morgan fingerprint density at radius 1 is 0.632 bits per heavy atom. The van der Waals surface area contributed by atoms with E-state index in [0.717, 1.165) is 58.8 Å². The third-order valence-corrected chi connectivity index (χ3v) is 10.9. The Labute approximate surface area is 393 Å². The summed E-state index contributed by atoms with van der Waals surface area (Å²) >= 11 is 0. The van der Waals surface area contributed by atoms with Gasteiger partial charge in [-0.2, -0.15) is 0 Å². The summed E-state index contributed by atoms with van der Waals surface area (Å²) in [7, 11) is 0. The quantitative estimate of drug-likeness (QED) is 0.0380. The van der Waals surface area contributed by atoms with Gasteiger partial charge in [0, 0.05) is 0 Å². The number of aliphatic hydroxyl groups excluding tert-OH is 3. The standard InChI is InChI=1S/C42H71N9O17/c1-5-6-7-8-9-10-11-12-13-14-15-42(4,67)29-19-32(57)46-27(20-52)39(64)45-22(2)35(60)47-26(18-33(58)59)38(63)49-24(16-30(43)55)36(61)48-25(17-31(44)56)37(62)50-28(21-53)40(65)51-34(23(3)54)41(66)68-29/h22-29,34,52-54,67H,5-21H2,1-4H3,(H2,43,55)(H2,44,56)(H,45,64)(H,46,57)(H,47,60)(H,48,61)(H,49,63)(H,50,62)(H,51,65)(H,58,59). The smallest absolute Gasteiger partial charge is 0.331 e. The molecule has 386 valence electrons. The maximum atomic E-state index is 13.7. The lowest BCUT2D eigenvalue weighted by molar-refractivity contribution is -0.172. The van der Waals surface area contributed by atoms with Crippen LogP contribution in [0.5, 0.6) is 0 Å². The monoisotopic (exact) mass is 973 g/mol. The van der Waals surface area contributed by atoms with Crippen LogP contribution in [0.2, 0.25) is 0 Å². The summed E-state index contributed by atoms with van der Waals surface area (Å²) in [6.45, 7) is 3.25. The molecule has 0 aromatic carbocycles. The number of rotatable bonds is 21. The summed E-state index contributed by atoms with van der Waals surface area (Å²) in [5, 5.41) is 66.7. The van der Waals surface area contributed by atoms with E-state index >= 15 is 0 Å². The van der Waals surface area contributed by atoms with Crippen LogP contribution in [0, 0.1) is 0 Å². The number of aliphatic carboxylic acids is 1. The third-order valence-electron chi connectivity index (χ3n) is 10.9. The van der Waals surface area contributed by atoms with Gasteiger partial charge in [0.1, 0.15) is 42.4 Å². The molecule has 1 saturated heterocycles.